The number of hydrogen-bond acceptors (Lipinski definition) is 5. The van der Waals surface area contributed by atoms with Crippen LogP contribution in [-0.4, -0.2) is 46.8 Å². The molecule has 1 fully saturated rings. The number of nitrogens with one attached hydrogen (secondary N) is 1. The topological polar surface area (TPSA) is 79.4 Å². The highest BCUT2D eigenvalue weighted by Gasteiger charge is 2.36. The molecule has 0 saturated carbocycles. The van der Waals surface area contributed by atoms with Crippen molar-refractivity contribution in [1.29, 1.82) is 0 Å². The number of halogens is 2. The lowest BCUT2D eigenvalue weighted by Gasteiger charge is -2.38. The van der Waals surface area contributed by atoms with Crippen LogP contribution < -0.4 is 16.0 Å². The largest absolute Gasteiger partial charge is 0.399 e. The van der Waals surface area contributed by atoms with Crippen LogP contribution in [0.15, 0.2) is 66.0 Å². The molecule has 3 heterocycles. The molecule has 5 rings (SSSR count). The number of benzene rings is 2. The van der Waals surface area contributed by atoms with Gasteiger partial charge in [-0.05, 0) is 48.9 Å². The molecule has 9 heteroatoms. The van der Waals surface area contributed by atoms with E-state index in [4.69, 9.17) is 28.9 Å². The Bertz CT molecular complexity index is 1230. The molecule has 2 aliphatic heterocycles. The molecule has 7 nitrogen and oxygen atoms in total. The first-order chi connectivity index (χ1) is 15.9. The Hall–Kier alpha value is -3.16. The number of carbonyl (C=O) groups is 1. The second-order valence-electron chi connectivity index (χ2n) is 8.27. The maximum atomic E-state index is 13.8. The highest BCUT2D eigenvalue weighted by atomic mass is 35.5. The van der Waals surface area contributed by atoms with Crippen LogP contribution in [0.5, 0.6) is 0 Å². The summed E-state index contributed by atoms with van der Waals surface area (Å²) in [6.45, 7) is 4.68. The van der Waals surface area contributed by atoms with Gasteiger partial charge in [0.1, 0.15) is 11.9 Å². The number of nitrogen functional groups attached to an aromatic ring is 1. The van der Waals surface area contributed by atoms with Crippen LogP contribution in [0.3, 0.4) is 0 Å². The van der Waals surface area contributed by atoms with Crippen LogP contribution in [-0.2, 0) is 4.79 Å². The van der Waals surface area contributed by atoms with E-state index in [9.17, 15) is 4.79 Å². The van der Waals surface area contributed by atoms with Crippen LogP contribution in [0.1, 0.15) is 18.5 Å². The number of piperazine rings is 1. The minimum atomic E-state index is -0.395. The lowest BCUT2D eigenvalue weighted by Crippen LogP contribution is -2.50. The maximum Gasteiger partial charge on any atom is 0.254 e. The Morgan fingerprint density at radius 2 is 1.76 bits per heavy atom. The number of aromatic nitrogens is 2. The van der Waals surface area contributed by atoms with Gasteiger partial charge in [-0.3, -0.25) is 4.79 Å². The average molecular weight is 483 g/mol. The molecular formula is C24H24Cl2N6O. The Labute approximate surface area is 202 Å². The van der Waals surface area contributed by atoms with Gasteiger partial charge >= 0.3 is 0 Å². The number of allylic oxidation sites excluding steroid dienone is 1. The number of amides is 1. The van der Waals surface area contributed by atoms with Gasteiger partial charge in [0.25, 0.3) is 5.91 Å². The molecule has 0 spiro atoms. The van der Waals surface area contributed by atoms with E-state index in [1.807, 2.05) is 59.0 Å². The molecule has 0 aliphatic carbocycles. The van der Waals surface area contributed by atoms with E-state index < -0.39 is 6.04 Å². The van der Waals surface area contributed by atoms with Crippen molar-refractivity contribution in [3.8, 4) is 0 Å². The highest BCUT2D eigenvalue weighted by Crippen LogP contribution is 2.38. The van der Waals surface area contributed by atoms with E-state index in [-0.39, 0.29) is 5.91 Å². The smallest absolute Gasteiger partial charge is 0.254 e. The van der Waals surface area contributed by atoms with E-state index in [1.54, 1.807) is 12.3 Å². The summed E-state index contributed by atoms with van der Waals surface area (Å²) >= 11 is 12.5. The van der Waals surface area contributed by atoms with Gasteiger partial charge in [0.15, 0.2) is 0 Å². The summed E-state index contributed by atoms with van der Waals surface area (Å²) in [5.74, 6) is 0.822. The molecule has 0 bridgehead atoms. The number of carbonyl (C=O) groups excluding carboxylic acids is 1. The van der Waals surface area contributed by atoms with Gasteiger partial charge in [-0.25, -0.2) is 4.68 Å². The lowest BCUT2D eigenvalue weighted by atomic mass is 9.94. The summed E-state index contributed by atoms with van der Waals surface area (Å²) in [6, 6.07) is 14.8. The predicted molar refractivity (Wildman–Crippen MR) is 133 cm³/mol. The van der Waals surface area contributed by atoms with Gasteiger partial charge in [0.2, 0.25) is 0 Å². The number of nitrogens with zero attached hydrogens (tertiary/aromatic N) is 4. The van der Waals surface area contributed by atoms with Gasteiger partial charge in [-0.2, -0.15) is 5.10 Å². The zero-order valence-electron chi connectivity index (χ0n) is 18.1. The molecule has 3 N–H and O–H groups in total. The monoisotopic (exact) mass is 482 g/mol. The Morgan fingerprint density at radius 3 is 2.45 bits per heavy atom. The first-order valence-electron chi connectivity index (χ1n) is 10.8. The predicted octanol–water partition coefficient (Wildman–Crippen LogP) is 4.41. The van der Waals surface area contributed by atoms with Crippen LogP contribution in [0.25, 0.3) is 0 Å². The van der Waals surface area contributed by atoms with Crippen molar-refractivity contribution >= 4 is 46.3 Å². The summed E-state index contributed by atoms with van der Waals surface area (Å²) in [4.78, 5) is 18.0. The first-order valence-corrected chi connectivity index (χ1v) is 11.5. The summed E-state index contributed by atoms with van der Waals surface area (Å²) < 4.78 is 1.82. The molecule has 1 aromatic heterocycles. The molecule has 33 heavy (non-hydrogen) atoms. The molecule has 1 saturated heterocycles. The lowest BCUT2D eigenvalue weighted by molar-refractivity contribution is -0.127. The van der Waals surface area contributed by atoms with Crippen LogP contribution in [0.2, 0.25) is 10.0 Å². The zero-order valence-corrected chi connectivity index (χ0v) is 19.6. The molecule has 1 unspecified atom stereocenters. The number of hydrogen-bond donors (Lipinski definition) is 2. The minimum Gasteiger partial charge on any atom is -0.399 e. The van der Waals surface area contributed by atoms with Crippen molar-refractivity contribution in [3.63, 3.8) is 0 Å². The standard InChI is InChI=1S/C24H24Cl2N6O/c1-15-22(24(33)31-12-10-30(11-13-31)18-5-3-17(27)4-6-18)23(32-21(29-15)8-9-28-32)16-2-7-19(25)20(26)14-16/h2-9,14,23,29H,10-13,27H2,1H3. The third kappa shape index (κ3) is 4.03. The second kappa shape index (κ2) is 8.65. The summed E-state index contributed by atoms with van der Waals surface area (Å²) in [7, 11) is 0. The SMILES string of the molecule is CC1=C(C(=O)N2CCN(c3ccc(N)cc3)CC2)C(c2ccc(Cl)c(Cl)c2)n2nccc2N1. The van der Waals surface area contributed by atoms with E-state index in [2.05, 4.69) is 15.3 Å². The molecule has 1 amide bonds. The molecule has 2 aliphatic rings. The average Bonchev–Trinajstić information content (AvgIpc) is 3.28. The molecular weight excluding hydrogens is 459 g/mol. The van der Waals surface area contributed by atoms with E-state index in [1.165, 1.54) is 0 Å². The third-order valence-corrected chi connectivity index (χ3v) is 6.96. The molecule has 0 radical (unpaired) electrons. The fraction of sp³-hybridized carbons (Fsp3) is 0.250. The van der Waals surface area contributed by atoms with Gasteiger partial charge in [0.05, 0.1) is 21.8 Å². The number of nitrogens with two attached hydrogens (primary N) is 1. The van der Waals surface area contributed by atoms with Crippen molar-refractivity contribution < 1.29 is 4.79 Å². The Morgan fingerprint density at radius 1 is 1.03 bits per heavy atom. The Balaban J connectivity index is 1.42. The van der Waals surface area contributed by atoms with Crippen molar-refractivity contribution in [3.05, 3.63) is 81.6 Å². The number of anilines is 3. The maximum absolute atomic E-state index is 13.8. The number of rotatable bonds is 3. The van der Waals surface area contributed by atoms with Crippen LogP contribution in [0, 0.1) is 0 Å². The Kier molecular flexibility index (Phi) is 5.68. The van der Waals surface area contributed by atoms with Crippen LogP contribution in [0.4, 0.5) is 17.2 Å². The van der Waals surface area contributed by atoms with Crippen molar-refractivity contribution in [2.45, 2.75) is 13.0 Å². The fourth-order valence-corrected chi connectivity index (χ4v) is 4.80. The summed E-state index contributed by atoms with van der Waals surface area (Å²) in [5, 5.41) is 8.74. The molecule has 170 valence electrons. The van der Waals surface area contributed by atoms with E-state index in [0.29, 0.717) is 28.7 Å². The quantitative estimate of drug-likeness (QED) is 0.540. The molecule has 2 aromatic carbocycles. The van der Waals surface area contributed by atoms with Crippen LogP contribution >= 0.6 is 23.2 Å². The van der Waals surface area contributed by atoms with Gasteiger partial charge in [-0.1, -0.05) is 29.3 Å². The van der Waals surface area contributed by atoms with Gasteiger partial charge < -0.3 is 20.9 Å². The normalized spacial score (nSPS) is 18.2. The van der Waals surface area contributed by atoms with Crippen molar-refractivity contribution in [2.75, 3.05) is 42.1 Å². The summed E-state index contributed by atoms with van der Waals surface area (Å²) in [5.41, 5.74) is 10.00. The van der Waals surface area contributed by atoms with E-state index >= 15 is 0 Å². The van der Waals surface area contributed by atoms with Gasteiger partial charge in [-0.15, -0.1) is 0 Å². The first kappa shape index (κ1) is 21.7. The molecule has 3 aromatic rings. The zero-order chi connectivity index (χ0) is 23.1. The highest BCUT2D eigenvalue weighted by molar-refractivity contribution is 6.42. The third-order valence-electron chi connectivity index (χ3n) is 6.22. The van der Waals surface area contributed by atoms with Gasteiger partial charge in [0, 0.05) is 49.3 Å². The van der Waals surface area contributed by atoms with Crippen molar-refractivity contribution in [2.24, 2.45) is 0 Å². The molecule has 1 atom stereocenters. The van der Waals surface area contributed by atoms with E-state index in [0.717, 1.165) is 41.5 Å². The fourth-order valence-electron chi connectivity index (χ4n) is 4.50. The van der Waals surface area contributed by atoms with Crippen molar-refractivity contribution in [1.82, 2.24) is 14.7 Å². The minimum absolute atomic E-state index is 0.00539. The summed E-state index contributed by atoms with van der Waals surface area (Å²) in [6.07, 6.45) is 1.72. The second-order valence-corrected chi connectivity index (χ2v) is 9.09. The number of fused-ring (bicyclic) bond motifs is 1.